The molecule has 4 rings (SSSR count). The van der Waals surface area contributed by atoms with E-state index in [1.165, 1.54) is 0 Å². The maximum Gasteiger partial charge on any atom is 0.257 e. The summed E-state index contributed by atoms with van der Waals surface area (Å²) in [5.74, 6) is 1.67. The predicted molar refractivity (Wildman–Crippen MR) is 102 cm³/mol. The largest absolute Gasteiger partial charge is 0.347 e. The van der Waals surface area contributed by atoms with Gasteiger partial charge in [0, 0.05) is 45.5 Å². The lowest BCUT2D eigenvalue weighted by Gasteiger charge is -2.32. The molecule has 3 aromatic heterocycles. The van der Waals surface area contributed by atoms with E-state index in [1.807, 2.05) is 59.6 Å². The average Bonchev–Trinajstić information content (AvgIpc) is 3.11. The Labute approximate surface area is 157 Å². The molecule has 1 atom stereocenters. The van der Waals surface area contributed by atoms with Crippen LogP contribution in [0.25, 0.3) is 5.65 Å². The number of hydrogen-bond acceptors (Lipinski definition) is 6. The van der Waals surface area contributed by atoms with E-state index < -0.39 is 0 Å². The maximum atomic E-state index is 13.1. The molecule has 3 aromatic rings. The Morgan fingerprint density at radius 1 is 1.26 bits per heavy atom. The molecule has 0 saturated carbocycles. The lowest BCUT2D eigenvalue weighted by atomic mass is 9.96. The summed E-state index contributed by atoms with van der Waals surface area (Å²) in [5.41, 5.74) is 2.10. The number of anilines is 1. The zero-order valence-electron chi connectivity index (χ0n) is 15.8. The Kier molecular flexibility index (Phi) is 4.47. The fourth-order valence-corrected chi connectivity index (χ4v) is 3.56. The fourth-order valence-electron chi connectivity index (χ4n) is 3.56. The van der Waals surface area contributed by atoms with Gasteiger partial charge in [0.25, 0.3) is 5.91 Å². The van der Waals surface area contributed by atoms with Crippen molar-refractivity contribution in [2.75, 3.05) is 32.1 Å². The van der Waals surface area contributed by atoms with E-state index >= 15 is 0 Å². The number of aromatic nitrogens is 5. The number of carbonyl (C=O) groups excluding carboxylic acids is 1. The molecule has 0 spiro atoms. The number of fused-ring (bicyclic) bond motifs is 1. The van der Waals surface area contributed by atoms with Gasteiger partial charge < -0.3 is 9.80 Å². The van der Waals surface area contributed by atoms with Crippen LogP contribution in [0.5, 0.6) is 0 Å². The SMILES string of the molecule is Cc1nc(N(C)C)ncc1C(=O)N1CCC[C@@H](c2nnc3ccccn23)C1. The van der Waals surface area contributed by atoms with Crippen LogP contribution in [-0.4, -0.2) is 62.6 Å². The number of pyridine rings is 1. The molecular weight excluding hydrogens is 342 g/mol. The maximum absolute atomic E-state index is 13.1. The van der Waals surface area contributed by atoms with Crippen LogP contribution < -0.4 is 4.90 Å². The van der Waals surface area contributed by atoms with Crippen molar-refractivity contribution in [1.82, 2.24) is 29.5 Å². The Hall–Kier alpha value is -3.03. The molecule has 1 saturated heterocycles. The first kappa shape index (κ1) is 17.4. The van der Waals surface area contributed by atoms with Gasteiger partial charge in [-0.1, -0.05) is 6.07 Å². The van der Waals surface area contributed by atoms with E-state index in [0.29, 0.717) is 23.8 Å². The van der Waals surface area contributed by atoms with E-state index in [9.17, 15) is 4.79 Å². The molecule has 1 aliphatic heterocycles. The number of rotatable bonds is 3. The summed E-state index contributed by atoms with van der Waals surface area (Å²) >= 11 is 0. The molecule has 27 heavy (non-hydrogen) atoms. The van der Waals surface area contributed by atoms with E-state index in [-0.39, 0.29) is 11.8 Å². The van der Waals surface area contributed by atoms with Crippen LogP contribution in [0.15, 0.2) is 30.6 Å². The number of aryl methyl sites for hydroxylation is 1. The smallest absolute Gasteiger partial charge is 0.257 e. The number of nitrogens with zero attached hydrogens (tertiary/aromatic N) is 7. The van der Waals surface area contributed by atoms with Crippen molar-refractivity contribution in [2.24, 2.45) is 0 Å². The molecule has 0 unspecified atom stereocenters. The van der Waals surface area contributed by atoms with Crippen molar-refractivity contribution in [3.05, 3.63) is 47.7 Å². The Balaban J connectivity index is 1.57. The molecule has 1 amide bonds. The summed E-state index contributed by atoms with van der Waals surface area (Å²) in [7, 11) is 3.77. The molecule has 0 aromatic carbocycles. The van der Waals surface area contributed by atoms with Gasteiger partial charge in [0.05, 0.1) is 11.3 Å². The van der Waals surface area contributed by atoms with Gasteiger partial charge in [-0.15, -0.1) is 10.2 Å². The molecule has 8 heteroatoms. The normalized spacial score (nSPS) is 17.3. The molecule has 1 aliphatic rings. The minimum absolute atomic E-state index is 0.0173. The van der Waals surface area contributed by atoms with Crippen LogP contribution in [0.1, 0.15) is 40.6 Å². The van der Waals surface area contributed by atoms with Crippen molar-refractivity contribution >= 4 is 17.5 Å². The van der Waals surface area contributed by atoms with Crippen molar-refractivity contribution in [3.8, 4) is 0 Å². The lowest BCUT2D eigenvalue weighted by molar-refractivity contribution is 0.0702. The van der Waals surface area contributed by atoms with Crippen LogP contribution in [0.2, 0.25) is 0 Å². The summed E-state index contributed by atoms with van der Waals surface area (Å²) in [5, 5.41) is 8.63. The first-order chi connectivity index (χ1) is 13.0. The van der Waals surface area contributed by atoms with Gasteiger partial charge in [-0.3, -0.25) is 9.20 Å². The summed E-state index contributed by atoms with van der Waals surface area (Å²) in [6.07, 6.45) is 5.54. The zero-order chi connectivity index (χ0) is 19.0. The van der Waals surface area contributed by atoms with Gasteiger partial charge in [0.15, 0.2) is 5.65 Å². The summed E-state index contributed by atoms with van der Waals surface area (Å²) < 4.78 is 2.01. The number of carbonyl (C=O) groups is 1. The third-order valence-corrected chi connectivity index (χ3v) is 5.01. The van der Waals surface area contributed by atoms with Crippen LogP contribution in [0, 0.1) is 6.92 Å². The first-order valence-electron chi connectivity index (χ1n) is 9.14. The Morgan fingerprint density at radius 2 is 2.11 bits per heavy atom. The van der Waals surface area contributed by atoms with E-state index in [0.717, 1.165) is 30.9 Å². The number of piperidine rings is 1. The number of likely N-dealkylation sites (tertiary alicyclic amines) is 1. The topological polar surface area (TPSA) is 79.5 Å². The number of hydrogen-bond donors (Lipinski definition) is 0. The van der Waals surface area contributed by atoms with Gasteiger partial charge in [-0.05, 0) is 31.9 Å². The van der Waals surface area contributed by atoms with Gasteiger partial charge in [-0.25, -0.2) is 9.97 Å². The molecular formula is C19H23N7O. The Bertz CT molecular complexity index is 981. The molecule has 0 radical (unpaired) electrons. The summed E-state index contributed by atoms with van der Waals surface area (Å²) in [6.45, 7) is 3.22. The van der Waals surface area contributed by atoms with Crippen LogP contribution in [-0.2, 0) is 0 Å². The second-order valence-electron chi connectivity index (χ2n) is 7.14. The highest BCUT2D eigenvalue weighted by molar-refractivity contribution is 5.95. The first-order valence-corrected chi connectivity index (χ1v) is 9.14. The molecule has 0 N–H and O–H groups in total. The third-order valence-electron chi connectivity index (χ3n) is 5.01. The van der Waals surface area contributed by atoms with Crippen LogP contribution >= 0.6 is 0 Å². The van der Waals surface area contributed by atoms with Gasteiger partial charge in [0.2, 0.25) is 5.95 Å². The second kappa shape index (κ2) is 6.94. The van der Waals surface area contributed by atoms with E-state index in [4.69, 9.17) is 0 Å². The highest BCUT2D eigenvalue weighted by atomic mass is 16.2. The van der Waals surface area contributed by atoms with Crippen molar-refractivity contribution in [2.45, 2.75) is 25.7 Å². The second-order valence-corrected chi connectivity index (χ2v) is 7.14. The standard InChI is InChI=1S/C19H23N7O/c1-13-15(11-20-19(21-13)24(2)3)18(27)25-9-6-7-14(12-25)17-23-22-16-8-4-5-10-26(16)17/h4-5,8,10-11,14H,6-7,9,12H2,1-3H3/t14-/m1/s1. The van der Waals surface area contributed by atoms with Gasteiger partial charge in [0.1, 0.15) is 5.82 Å². The van der Waals surface area contributed by atoms with Crippen LogP contribution in [0.3, 0.4) is 0 Å². The molecule has 8 nitrogen and oxygen atoms in total. The quantitative estimate of drug-likeness (QED) is 0.705. The zero-order valence-corrected chi connectivity index (χ0v) is 15.8. The van der Waals surface area contributed by atoms with Gasteiger partial charge in [-0.2, -0.15) is 0 Å². The Morgan fingerprint density at radius 3 is 2.89 bits per heavy atom. The average molecular weight is 365 g/mol. The molecule has 1 fully saturated rings. The van der Waals surface area contributed by atoms with E-state index in [2.05, 4.69) is 20.2 Å². The molecule has 140 valence electrons. The lowest BCUT2D eigenvalue weighted by Crippen LogP contribution is -2.40. The highest BCUT2D eigenvalue weighted by Gasteiger charge is 2.29. The van der Waals surface area contributed by atoms with Crippen molar-refractivity contribution in [1.29, 1.82) is 0 Å². The summed E-state index contributed by atoms with van der Waals surface area (Å²) in [4.78, 5) is 25.5. The summed E-state index contributed by atoms with van der Waals surface area (Å²) in [6, 6.07) is 5.86. The van der Waals surface area contributed by atoms with Crippen molar-refractivity contribution < 1.29 is 4.79 Å². The minimum Gasteiger partial charge on any atom is -0.347 e. The fraction of sp³-hybridized carbons (Fsp3) is 0.421. The highest BCUT2D eigenvalue weighted by Crippen LogP contribution is 2.27. The van der Waals surface area contributed by atoms with Crippen LogP contribution in [0.4, 0.5) is 5.95 Å². The van der Waals surface area contributed by atoms with Gasteiger partial charge >= 0.3 is 0 Å². The molecule has 4 heterocycles. The van der Waals surface area contributed by atoms with Crippen molar-refractivity contribution in [3.63, 3.8) is 0 Å². The molecule has 0 aliphatic carbocycles. The third kappa shape index (κ3) is 3.22. The number of amides is 1. The minimum atomic E-state index is -0.0173. The van der Waals surface area contributed by atoms with E-state index in [1.54, 1.807) is 6.20 Å². The monoisotopic (exact) mass is 365 g/mol. The molecule has 0 bridgehead atoms. The predicted octanol–water partition coefficient (Wildman–Crippen LogP) is 1.91.